The molecule has 0 radical (unpaired) electrons. The number of hydrogen-bond donors (Lipinski definition) is 0. The molecule has 2 aromatic heterocycles. The van der Waals surface area contributed by atoms with Gasteiger partial charge in [0.15, 0.2) is 5.13 Å². The normalized spacial score (nSPS) is 19.2. The smallest absolute Gasteiger partial charge is 0.287 e. The second kappa shape index (κ2) is 5.15. The molecule has 6 nitrogen and oxygen atoms in total. The molecule has 1 saturated heterocycles. The lowest BCUT2D eigenvalue weighted by Crippen LogP contribution is -2.26. The summed E-state index contributed by atoms with van der Waals surface area (Å²) < 4.78 is 34.8. The summed E-state index contributed by atoms with van der Waals surface area (Å²) in [5, 5.41) is 0.825. The van der Waals surface area contributed by atoms with E-state index in [0.29, 0.717) is 10.8 Å². The highest BCUT2D eigenvalue weighted by atomic mass is 32.3. The van der Waals surface area contributed by atoms with E-state index in [1.165, 1.54) is 16.2 Å². The maximum absolute atomic E-state index is 13.0. The number of amides is 1. The van der Waals surface area contributed by atoms with Crippen molar-refractivity contribution in [2.75, 3.05) is 11.4 Å². The molecule has 0 spiro atoms. The summed E-state index contributed by atoms with van der Waals surface area (Å²) in [6.45, 7) is -0.193. The zero-order chi connectivity index (χ0) is 15.0. The maximum Gasteiger partial charge on any atom is 0.307 e. The van der Waals surface area contributed by atoms with Crippen LogP contribution in [-0.2, 0) is 15.0 Å². The van der Waals surface area contributed by atoms with Crippen molar-refractivity contribution in [1.29, 1.82) is 0 Å². The molecular formula is C12H10FN3O3S2. The summed E-state index contributed by atoms with van der Waals surface area (Å²) >= 11 is 1.21. The van der Waals surface area contributed by atoms with E-state index in [1.807, 2.05) is 0 Å². The van der Waals surface area contributed by atoms with Gasteiger partial charge < -0.3 is 0 Å². The number of halogens is 1. The average Bonchev–Trinajstić information content (AvgIpc) is 3.05. The Kier molecular flexibility index (Phi) is 3.46. The van der Waals surface area contributed by atoms with Gasteiger partial charge in [0.25, 0.3) is 0 Å². The van der Waals surface area contributed by atoms with Gasteiger partial charge in [0.2, 0.25) is 5.91 Å². The predicted octanol–water partition coefficient (Wildman–Crippen LogP) is 1.61. The molecular weight excluding hydrogens is 317 g/mol. The van der Waals surface area contributed by atoms with Gasteiger partial charge in [-0.3, -0.25) is 14.7 Å². The summed E-state index contributed by atoms with van der Waals surface area (Å²) in [7, 11) is -4.72. The van der Waals surface area contributed by atoms with Gasteiger partial charge in [-0.15, -0.1) is 15.2 Å². The zero-order valence-corrected chi connectivity index (χ0v) is 12.3. The third-order valence-electron chi connectivity index (χ3n) is 3.19. The van der Waals surface area contributed by atoms with Crippen molar-refractivity contribution in [3.63, 3.8) is 0 Å². The fraction of sp³-hybridized carbons (Fsp3) is 0.250. The second-order valence-electron chi connectivity index (χ2n) is 4.56. The van der Waals surface area contributed by atoms with Crippen LogP contribution >= 0.6 is 11.3 Å². The van der Waals surface area contributed by atoms with Crippen molar-refractivity contribution in [2.45, 2.75) is 11.7 Å². The van der Waals surface area contributed by atoms with Crippen LogP contribution in [0, 0.1) is 0 Å². The van der Waals surface area contributed by atoms with Crippen LogP contribution in [0.3, 0.4) is 0 Å². The second-order valence-corrected chi connectivity index (χ2v) is 7.01. The minimum absolute atomic E-state index is 0.193. The lowest BCUT2D eigenvalue weighted by Gasteiger charge is -2.11. The number of carbonyl (C=O) groups excluding carboxylic acids is 1. The standard InChI is InChI=1S/C12H10FN3O3S2/c13-21(18,19)9-5-11(17)16(6-9)12-15-10(7-20-12)8-1-3-14-4-2-8/h1-4,7,9H,5-6H2. The van der Waals surface area contributed by atoms with Crippen LogP contribution < -0.4 is 4.90 Å². The molecule has 1 amide bonds. The van der Waals surface area contributed by atoms with E-state index >= 15 is 0 Å². The molecule has 0 N–H and O–H groups in total. The van der Waals surface area contributed by atoms with Crippen molar-refractivity contribution in [3.8, 4) is 11.3 Å². The SMILES string of the molecule is O=C1CC(S(=O)(=O)F)CN1c1nc(-c2ccncc2)cs1. The molecule has 0 aliphatic carbocycles. The quantitative estimate of drug-likeness (QED) is 0.800. The first-order chi connectivity index (χ1) is 9.95. The molecule has 21 heavy (non-hydrogen) atoms. The van der Waals surface area contributed by atoms with Gasteiger partial charge in [0.1, 0.15) is 5.25 Å². The monoisotopic (exact) mass is 327 g/mol. The van der Waals surface area contributed by atoms with E-state index in [2.05, 4.69) is 9.97 Å². The molecule has 1 aliphatic rings. The van der Waals surface area contributed by atoms with Crippen LogP contribution in [0.25, 0.3) is 11.3 Å². The number of anilines is 1. The summed E-state index contributed by atoms with van der Waals surface area (Å²) in [6.07, 6.45) is 2.91. The van der Waals surface area contributed by atoms with E-state index in [1.54, 1.807) is 29.9 Å². The fourth-order valence-corrected chi connectivity index (χ4v) is 3.62. The Morgan fingerprint density at radius 3 is 2.67 bits per heavy atom. The number of aromatic nitrogens is 2. The number of pyridine rings is 1. The summed E-state index contributed by atoms with van der Waals surface area (Å²) in [5.74, 6) is -0.433. The number of thiazole rings is 1. The Labute approximate surface area is 124 Å². The highest BCUT2D eigenvalue weighted by Gasteiger charge is 2.40. The molecule has 0 saturated carbocycles. The van der Waals surface area contributed by atoms with Crippen molar-refractivity contribution in [1.82, 2.24) is 9.97 Å². The van der Waals surface area contributed by atoms with Gasteiger partial charge >= 0.3 is 10.2 Å². The van der Waals surface area contributed by atoms with Gasteiger partial charge in [-0.25, -0.2) is 4.98 Å². The molecule has 1 atom stereocenters. The van der Waals surface area contributed by atoms with Crippen LogP contribution in [-0.4, -0.2) is 36.1 Å². The molecule has 2 aromatic rings. The van der Waals surface area contributed by atoms with Crippen LogP contribution in [0.1, 0.15) is 6.42 Å². The van der Waals surface area contributed by atoms with E-state index in [0.717, 1.165) is 5.56 Å². The van der Waals surface area contributed by atoms with Gasteiger partial charge in [-0.1, -0.05) is 0 Å². The van der Waals surface area contributed by atoms with Crippen molar-refractivity contribution in [3.05, 3.63) is 29.9 Å². The van der Waals surface area contributed by atoms with Gasteiger partial charge in [-0.05, 0) is 12.1 Å². The lowest BCUT2D eigenvalue weighted by molar-refractivity contribution is -0.117. The molecule has 3 heterocycles. The maximum atomic E-state index is 13.0. The van der Waals surface area contributed by atoms with Gasteiger partial charge in [-0.2, -0.15) is 8.42 Å². The van der Waals surface area contributed by atoms with E-state index in [-0.39, 0.29) is 13.0 Å². The first kappa shape index (κ1) is 14.1. The summed E-state index contributed by atoms with van der Waals surface area (Å²) in [6, 6.07) is 3.55. The molecule has 1 aliphatic heterocycles. The number of rotatable bonds is 3. The van der Waals surface area contributed by atoms with Crippen molar-refractivity contribution in [2.24, 2.45) is 0 Å². The highest BCUT2D eigenvalue weighted by Crippen LogP contribution is 2.31. The number of hydrogen-bond acceptors (Lipinski definition) is 6. The third kappa shape index (κ3) is 2.79. The first-order valence-corrected chi connectivity index (χ1v) is 8.37. The first-order valence-electron chi connectivity index (χ1n) is 6.05. The molecule has 9 heteroatoms. The Hall–Kier alpha value is -1.87. The third-order valence-corrected chi connectivity index (χ3v) is 5.16. The highest BCUT2D eigenvalue weighted by molar-refractivity contribution is 7.87. The van der Waals surface area contributed by atoms with Gasteiger partial charge in [0.05, 0.1) is 5.69 Å². The average molecular weight is 327 g/mol. The molecule has 1 fully saturated rings. The molecule has 0 bridgehead atoms. The summed E-state index contributed by atoms with van der Waals surface area (Å²) in [5.41, 5.74) is 1.51. The molecule has 0 aromatic carbocycles. The summed E-state index contributed by atoms with van der Waals surface area (Å²) in [4.78, 5) is 21.3. The topological polar surface area (TPSA) is 80.2 Å². The fourth-order valence-electron chi connectivity index (χ4n) is 2.09. The zero-order valence-electron chi connectivity index (χ0n) is 10.6. The Morgan fingerprint density at radius 1 is 1.33 bits per heavy atom. The van der Waals surface area contributed by atoms with Crippen LogP contribution in [0.15, 0.2) is 29.9 Å². The Balaban J connectivity index is 1.86. The minimum atomic E-state index is -4.72. The van der Waals surface area contributed by atoms with Crippen LogP contribution in [0.5, 0.6) is 0 Å². The molecule has 3 rings (SSSR count). The molecule has 1 unspecified atom stereocenters. The minimum Gasteiger partial charge on any atom is -0.287 e. The van der Waals surface area contributed by atoms with Crippen LogP contribution in [0.2, 0.25) is 0 Å². The predicted molar refractivity (Wildman–Crippen MR) is 76.1 cm³/mol. The van der Waals surface area contributed by atoms with E-state index in [9.17, 15) is 17.1 Å². The van der Waals surface area contributed by atoms with E-state index in [4.69, 9.17) is 0 Å². The number of carbonyl (C=O) groups is 1. The Bertz CT molecular complexity index is 776. The van der Waals surface area contributed by atoms with Crippen molar-refractivity contribution < 1.29 is 17.1 Å². The van der Waals surface area contributed by atoms with E-state index < -0.39 is 21.4 Å². The lowest BCUT2D eigenvalue weighted by atomic mass is 10.2. The van der Waals surface area contributed by atoms with Crippen LogP contribution in [0.4, 0.5) is 9.02 Å². The number of nitrogens with zero attached hydrogens (tertiary/aromatic N) is 3. The molecule has 110 valence electrons. The largest absolute Gasteiger partial charge is 0.307 e. The van der Waals surface area contributed by atoms with Crippen molar-refractivity contribution >= 4 is 32.6 Å². The van der Waals surface area contributed by atoms with Gasteiger partial charge in [0, 0.05) is 36.3 Å². The Morgan fingerprint density at radius 2 is 2.05 bits per heavy atom.